The van der Waals surface area contributed by atoms with Crippen LogP contribution in [0.4, 0.5) is 5.69 Å². The van der Waals surface area contributed by atoms with Gasteiger partial charge in [0, 0.05) is 50.2 Å². The standard InChI is InChI=1S/C39H41N4.3C2H6N.Hf/c1-25(2)30-21-15-22-31(26(3)4)37(30)41-38(34-20-12-11-19-33(34)29-16-9-8-10-17-29)39-40-36(24-42(39)7)43-28(6)27(5)32-18-13-14-23-35(32)43;3*1-3-2;/h8-26,38H,1-7H3;3*1-2H3;/q4*-1;. The summed E-state index contributed by atoms with van der Waals surface area (Å²) in [7, 11) is 12.6. The van der Waals surface area contributed by atoms with Gasteiger partial charge in [-0.05, 0) is 60.0 Å². The molecule has 0 radical (unpaired) electrons. The Bertz CT molecular complexity index is 1930. The van der Waals surface area contributed by atoms with E-state index >= 15 is 0 Å². The van der Waals surface area contributed by atoms with Crippen LogP contribution in [0.2, 0.25) is 0 Å². The van der Waals surface area contributed by atoms with Crippen molar-refractivity contribution >= 4 is 16.6 Å². The summed E-state index contributed by atoms with van der Waals surface area (Å²) < 4.78 is 4.46. The van der Waals surface area contributed by atoms with E-state index in [2.05, 4.69) is 177 Å². The zero-order chi connectivity index (χ0) is 38.4. The first-order valence-electron chi connectivity index (χ1n) is 18.0. The molecule has 0 saturated carbocycles. The molecule has 0 saturated heterocycles. The summed E-state index contributed by atoms with van der Waals surface area (Å²) in [5.74, 6) is 2.52. The number of rotatable bonds is 8. The van der Waals surface area contributed by atoms with Gasteiger partial charge in [-0.1, -0.05) is 130 Å². The van der Waals surface area contributed by atoms with Crippen molar-refractivity contribution in [2.75, 3.05) is 42.3 Å². The van der Waals surface area contributed by atoms with Crippen LogP contribution in [0.5, 0.6) is 0 Å². The van der Waals surface area contributed by atoms with E-state index in [4.69, 9.17) is 10.3 Å². The second-order valence-corrected chi connectivity index (χ2v) is 13.6. The molecule has 282 valence electrons. The summed E-state index contributed by atoms with van der Waals surface area (Å²) in [6, 6.07) is 34.2. The van der Waals surface area contributed by atoms with Gasteiger partial charge in [0.15, 0.2) is 5.82 Å². The van der Waals surface area contributed by atoms with Crippen molar-refractivity contribution < 1.29 is 25.8 Å². The zero-order valence-corrected chi connectivity index (χ0v) is 37.8. The van der Waals surface area contributed by atoms with Crippen LogP contribution < -0.4 is 0 Å². The summed E-state index contributed by atoms with van der Waals surface area (Å²) in [4.78, 5) is 5.39. The van der Waals surface area contributed by atoms with Gasteiger partial charge < -0.3 is 25.8 Å². The minimum absolute atomic E-state index is 0. The smallest absolute Gasteiger partial charge is 0.155 e. The largest absolute Gasteiger partial charge is 0.671 e. The van der Waals surface area contributed by atoms with E-state index in [0.29, 0.717) is 11.8 Å². The van der Waals surface area contributed by atoms with Crippen LogP contribution in [0, 0.1) is 13.8 Å². The molecule has 2 aromatic heterocycles. The van der Waals surface area contributed by atoms with Crippen molar-refractivity contribution in [2.45, 2.75) is 59.4 Å². The Kier molecular flexibility index (Phi) is 19.2. The van der Waals surface area contributed by atoms with Crippen LogP contribution in [-0.4, -0.2) is 56.4 Å². The Morgan fingerprint density at radius 3 is 1.66 bits per heavy atom. The third-order valence-corrected chi connectivity index (χ3v) is 8.74. The van der Waals surface area contributed by atoms with Gasteiger partial charge in [0.2, 0.25) is 0 Å². The van der Waals surface area contributed by atoms with Crippen LogP contribution >= 0.6 is 0 Å². The fourth-order valence-corrected chi connectivity index (χ4v) is 6.32. The number of fused-ring (bicyclic) bond motifs is 1. The average molecular weight is 877 g/mol. The number of aryl methyl sites for hydroxylation is 2. The SMILES string of the molecule is C[N-]C.C[N-]C.C[N-]C.Cc1c(C)n(-c2cn(C)c(C([N-]c3c(C(C)C)cccc3C(C)C)c3ccccc3-c3ccccc3)n2)c2ccccc12.[Hf]. The zero-order valence-electron chi connectivity index (χ0n) is 34.2. The molecule has 1 unspecified atom stereocenters. The van der Waals surface area contributed by atoms with Crippen molar-refractivity contribution in [3.05, 3.63) is 158 Å². The molecule has 7 nitrogen and oxygen atoms in total. The summed E-state index contributed by atoms with van der Waals surface area (Å²) in [5, 5.41) is 17.5. The molecular formula is C45H59HfN7-4. The second kappa shape index (κ2) is 22.4. The first kappa shape index (κ1) is 45.3. The van der Waals surface area contributed by atoms with Gasteiger partial charge in [-0.25, -0.2) is 4.98 Å². The molecule has 0 fully saturated rings. The molecule has 0 spiro atoms. The van der Waals surface area contributed by atoms with Crippen LogP contribution in [-0.2, 0) is 32.9 Å². The normalized spacial score (nSPS) is 11.1. The maximum atomic E-state index is 5.69. The van der Waals surface area contributed by atoms with Crippen LogP contribution in [0.15, 0.2) is 103 Å². The molecular weight excluding hydrogens is 817 g/mol. The number of aromatic nitrogens is 3. The molecule has 0 amide bonds. The molecule has 6 aromatic rings. The van der Waals surface area contributed by atoms with E-state index in [1.165, 1.54) is 44.4 Å². The number of imidazole rings is 1. The molecule has 1 atom stereocenters. The van der Waals surface area contributed by atoms with Crippen molar-refractivity contribution in [2.24, 2.45) is 7.05 Å². The number of para-hydroxylation sites is 2. The van der Waals surface area contributed by atoms with Gasteiger partial charge in [0.1, 0.15) is 5.82 Å². The monoisotopic (exact) mass is 877 g/mol. The fourth-order valence-electron chi connectivity index (χ4n) is 6.32. The van der Waals surface area contributed by atoms with Crippen LogP contribution in [0.1, 0.15) is 79.3 Å². The second-order valence-electron chi connectivity index (χ2n) is 13.6. The number of hydrogen-bond donors (Lipinski definition) is 0. The molecule has 6 rings (SSSR count). The summed E-state index contributed by atoms with van der Waals surface area (Å²) in [5.41, 5.74) is 10.8. The molecule has 0 bridgehead atoms. The summed E-state index contributed by atoms with van der Waals surface area (Å²) >= 11 is 0. The predicted molar refractivity (Wildman–Crippen MR) is 226 cm³/mol. The summed E-state index contributed by atoms with van der Waals surface area (Å²) in [6.45, 7) is 13.4. The first-order valence-corrected chi connectivity index (χ1v) is 18.0. The van der Waals surface area contributed by atoms with E-state index in [1.54, 1.807) is 42.3 Å². The van der Waals surface area contributed by atoms with Crippen molar-refractivity contribution in [3.63, 3.8) is 0 Å². The summed E-state index contributed by atoms with van der Waals surface area (Å²) in [6.07, 6.45) is 2.15. The first-order chi connectivity index (χ1) is 25.0. The van der Waals surface area contributed by atoms with E-state index in [-0.39, 0.29) is 31.9 Å². The fraction of sp³-hybridized carbons (Fsp3) is 0.356. The molecule has 0 aliphatic carbocycles. The number of hydrogen-bond acceptors (Lipinski definition) is 1. The van der Waals surface area contributed by atoms with E-state index in [1.807, 2.05) is 0 Å². The van der Waals surface area contributed by atoms with Gasteiger partial charge in [-0.15, -0.1) is 5.69 Å². The minimum atomic E-state index is -0.309. The van der Waals surface area contributed by atoms with E-state index in [0.717, 1.165) is 22.9 Å². The van der Waals surface area contributed by atoms with Gasteiger partial charge in [0.25, 0.3) is 0 Å². The van der Waals surface area contributed by atoms with Crippen LogP contribution in [0.25, 0.3) is 49.1 Å². The molecule has 0 aliphatic rings. The van der Waals surface area contributed by atoms with Gasteiger partial charge in [-0.2, -0.15) is 42.3 Å². The van der Waals surface area contributed by atoms with Crippen LogP contribution in [0.3, 0.4) is 0 Å². The van der Waals surface area contributed by atoms with Gasteiger partial charge >= 0.3 is 0 Å². The Hall–Kier alpha value is -3.82. The average Bonchev–Trinajstić information content (AvgIpc) is 3.63. The molecule has 4 aromatic carbocycles. The molecule has 8 heteroatoms. The predicted octanol–water partition coefficient (Wildman–Crippen LogP) is 12.5. The quantitative estimate of drug-likeness (QED) is 0.140. The third-order valence-electron chi connectivity index (χ3n) is 8.74. The third kappa shape index (κ3) is 11.1. The Morgan fingerprint density at radius 2 is 1.09 bits per heavy atom. The van der Waals surface area contributed by atoms with E-state index < -0.39 is 0 Å². The van der Waals surface area contributed by atoms with Crippen molar-refractivity contribution in [3.8, 4) is 16.9 Å². The van der Waals surface area contributed by atoms with Gasteiger partial charge in [0.05, 0.1) is 5.52 Å². The Balaban J connectivity index is 0.000000886. The Morgan fingerprint density at radius 1 is 0.604 bits per heavy atom. The van der Waals surface area contributed by atoms with E-state index in [9.17, 15) is 0 Å². The van der Waals surface area contributed by atoms with Crippen molar-refractivity contribution in [1.82, 2.24) is 14.1 Å². The topological polar surface area (TPSA) is 79.2 Å². The molecule has 0 aliphatic heterocycles. The molecule has 0 N–H and O–H groups in total. The maximum absolute atomic E-state index is 5.69. The molecule has 2 heterocycles. The minimum Gasteiger partial charge on any atom is -0.671 e. The Labute approximate surface area is 338 Å². The number of benzene rings is 4. The molecule has 53 heavy (non-hydrogen) atoms. The van der Waals surface area contributed by atoms with Crippen molar-refractivity contribution in [1.29, 1.82) is 0 Å². The number of nitrogens with zero attached hydrogens (tertiary/aromatic N) is 7. The maximum Gasteiger partial charge on any atom is 0.155 e. The van der Waals surface area contributed by atoms with Gasteiger partial charge in [-0.3, -0.25) is 4.57 Å².